The summed E-state index contributed by atoms with van der Waals surface area (Å²) >= 11 is 0. The van der Waals surface area contributed by atoms with Crippen LogP contribution >= 0.6 is 0 Å². The summed E-state index contributed by atoms with van der Waals surface area (Å²) in [4.78, 5) is 41.4. The minimum absolute atomic E-state index is 0.00515. The number of aromatic carboxylic acids is 1. The fourth-order valence-electron chi connectivity index (χ4n) is 5.20. The van der Waals surface area contributed by atoms with Crippen molar-refractivity contribution >= 4 is 28.5 Å². The van der Waals surface area contributed by atoms with Crippen molar-refractivity contribution in [2.45, 2.75) is 18.3 Å². The van der Waals surface area contributed by atoms with Crippen LogP contribution in [0.25, 0.3) is 10.9 Å². The number of alkyl halides is 3. The normalized spacial score (nSPS) is 15.8. The van der Waals surface area contributed by atoms with Crippen molar-refractivity contribution in [3.05, 3.63) is 106 Å². The molecule has 1 atom stereocenters. The number of nitro benzene ring substituents is 1. The number of piperazine rings is 1. The number of benzene rings is 2. The maximum atomic E-state index is 14.7. The first-order valence-corrected chi connectivity index (χ1v) is 13.2. The number of non-ortho nitro benzene ring substituents is 1. The van der Waals surface area contributed by atoms with E-state index in [0.717, 1.165) is 17.8 Å². The van der Waals surface area contributed by atoms with Gasteiger partial charge in [0.25, 0.3) is 11.6 Å². The number of halogens is 3. The Bertz CT molecular complexity index is 1670. The average Bonchev–Trinajstić information content (AvgIpc) is 3.35. The Morgan fingerprint density at radius 1 is 1.00 bits per heavy atom. The number of carboxylic acids is 1. The zero-order chi connectivity index (χ0) is 30.9. The molecular weight excluding hydrogens is 571 g/mol. The highest BCUT2D eigenvalue weighted by Gasteiger charge is 2.57. The van der Waals surface area contributed by atoms with Crippen LogP contribution in [-0.4, -0.2) is 85.3 Å². The van der Waals surface area contributed by atoms with Crippen LogP contribution in [0.1, 0.15) is 32.0 Å². The van der Waals surface area contributed by atoms with Crippen molar-refractivity contribution < 1.29 is 37.9 Å². The molecule has 1 aliphatic rings. The van der Waals surface area contributed by atoms with E-state index in [1.54, 1.807) is 30.3 Å². The van der Waals surface area contributed by atoms with Gasteiger partial charge in [-0.2, -0.15) is 13.2 Å². The lowest BCUT2D eigenvalue weighted by Crippen LogP contribution is -2.56. The van der Waals surface area contributed by atoms with E-state index in [1.165, 1.54) is 44.8 Å². The Labute approximate surface area is 242 Å². The lowest BCUT2D eigenvalue weighted by molar-refractivity contribution is -0.384. The number of hydrogen-bond donors (Lipinski definition) is 2. The highest BCUT2D eigenvalue weighted by molar-refractivity contribution is 5.94. The Morgan fingerprint density at radius 2 is 1.70 bits per heavy atom. The summed E-state index contributed by atoms with van der Waals surface area (Å²) in [6, 6.07) is 14.9. The second kappa shape index (κ2) is 11.5. The van der Waals surface area contributed by atoms with Crippen LogP contribution in [0.3, 0.4) is 0 Å². The molecule has 14 heteroatoms. The molecule has 0 bridgehead atoms. The van der Waals surface area contributed by atoms with Crippen LogP contribution in [0.15, 0.2) is 73.1 Å². The lowest BCUT2D eigenvalue weighted by Gasteiger charge is -2.40. The van der Waals surface area contributed by atoms with Gasteiger partial charge in [0.2, 0.25) is 5.60 Å². The van der Waals surface area contributed by atoms with Gasteiger partial charge in [-0.3, -0.25) is 24.8 Å². The SMILES string of the molecule is O=C(O)c1ccc(C(=O)N2CCN(CC(O)(c3cn(Cc4ccccc4)c4cc([N+](=O)[O-])ccc34)C(F)(F)F)CC2)nc1. The molecule has 0 saturated carbocycles. The van der Waals surface area contributed by atoms with Gasteiger partial charge >= 0.3 is 12.1 Å². The second-order valence-corrected chi connectivity index (χ2v) is 10.3. The van der Waals surface area contributed by atoms with Crippen molar-refractivity contribution in [1.82, 2.24) is 19.4 Å². The van der Waals surface area contributed by atoms with Gasteiger partial charge in [0, 0.05) is 74.7 Å². The first-order valence-electron chi connectivity index (χ1n) is 13.2. The zero-order valence-corrected chi connectivity index (χ0v) is 22.6. The molecule has 11 nitrogen and oxygen atoms in total. The minimum atomic E-state index is -5.11. The van der Waals surface area contributed by atoms with Gasteiger partial charge < -0.3 is 19.7 Å². The van der Waals surface area contributed by atoms with Gasteiger partial charge in [-0.25, -0.2) is 4.79 Å². The molecule has 1 fully saturated rings. The molecule has 5 rings (SSSR count). The molecule has 3 heterocycles. The summed E-state index contributed by atoms with van der Waals surface area (Å²) in [7, 11) is 0. The number of carboxylic acid groups (broad SMARTS) is 1. The minimum Gasteiger partial charge on any atom is -0.478 e. The molecule has 1 amide bonds. The van der Waals surface area contributed by atoms with E-state index >= 15 is 0 Å². The fraction of sp³-hybridized carbons (Fsp3) is 0.276. The van der Waals surface area contributed by atoms with Crippen molar-refractivity contribution in [2.75, 3.05) is 32.7 Å². The highest BCUT2D eigenvalue weighted by Crippen LogP contribution is 2.44. The van der Waals surface area contributed by atoms with Gasteiger partial charge in [-0.05, 0) is 23.8 Å². The fourth-order valence-corrected chi connectivity index (χ4v) is 5.20. The average molecular weight is 598 g/mol. The Balaban J connectivity index is 1.41. The van der Waals surface area contributed by atoms with E-state index in [4.69, 9.17) is 5.11 Å². The molecule has 4 aromatic rings. The maximum absolute atomic E-state index is 14.7. The van der Waals surface area contributed by atoms with Crippen molar-refractivity contribution in [3.8, 4) is 0 Å². The van der Waals surface area contributed by atoms with Crippen molar-refractivity contribution in [1.29, 1.82) is 0 Å². The molecule has 2 aromatic carbocycles. The van der Waals surface area contributed by atoms with E-state index in [0.29, 0.717) is 0 Å². The molecule has 0 spiro atoms. The lowest BCUT2D eigenvalue weighted by atomic mass is 9.91. The third-order valence-corrected chi connectivity index (χ3v) is 7.53. The molecular formula is C29H26F3N5O6. The Morgan fingerprint density at radius 3 is 2.28 bits per heavy atom. The van der Waals surface area contributed by atoms with E-state index in [-0.39, 0.29) is 60.6 Å². The molecule has 2 N–H and O–H groups in total. The number of amides is 1. The summed E-state index contributed by atoms with van der Waals surface area (Å²) < 4.78 is 45.6. The topological polar surface area (TPSA) is 142 Å². The molecule has 0 radical (unpaired) electrons. The first-order chi connectivity index (χ1) is 20.4. The largest absolute Gasteiger partial charge is 0.478 e. The Hall–Kier alpha value is -4.82. The van der Waals surface area contributed by atoms with Crippen LogP contribution in [-0.2, 0) is 12.1 Å². The standard InChI is InChI=1S/C29H26F3N5O6/c30-29(31,32)28(41,18-34-10-12-35(13-11-34)26(38)24-9-6-20(15-33-24)27(39)40)23-17-36(16-19-4-2-1-3-5-19)25-14-21(37(42)43)7-8-22(23)25/h1-9,14-15,17,41H,10-13,16,18H2,(H,39,40). The van der Waals surface area contributed by atoms with Crippen LogP contribution in [0, 0.1) is 10.1 Å². The van der Waals surface area contributed by atoms with Crippen LogP contribution in [0.4, 0.5) is 18.9 Å². The van der Waals surface area contributed by atoms with Gasteiger partial charge in [0.1, 0.15) is 5.69 Å². The summed E-state index contributed by atoms with van der Waals surface area (Å²) in [6.45, 7) is -0.564. The second-order valence-electron chi connectivity index (χ2n) is 10.3. The molecule has 224 valence electrons. The molecule has 43 heavy (non-hydrogen) atoms. The molecule has 1 unspecified atom stereocenters. The van der Waals surface area contributed by atoms with Gasteiger partial charge in [0.15, 0.2) is 0 Å². The number of nitro groups is 1. The number of fused-ring (bicyclic) bond motifs is 1. The van der Waals surface area contributed by atoms with Crippen molar-refractivity contribution in [3.63, 3.8) is 0 Å². The predicted octanol–water partition coefficient (Wildman–Crippen LogP) is 3.90. The van der Waals surface area contributed by atoms with E-state index < -0.39 is 40.7 Å². The van der Waals surface area contributed by atoms with E-state index in [2.05, 4.69) is 4.98 Å². The summed E-state index contributed by atoms with van der Waals surface area (Å²) in [5, 5.41) is 31.9. The zero-order valence-electron chi connectivity index (χ0n) is 22.6. The van der Waals surface area contributed by atoms with E-state index in [1.807, 2.05) is 0 Å². The number of aromatic nitrogens is 2. The van der Waals surface area contributed by atoms with Crippen molar-refractivity contribution in [2.24, 2.45) is 0 Å². The summed E-state index contributed by atoms with van der Waals surface area (Å²) in [5.41, 5.74) is -3.22. The first kappa shape index (κ1) is 29.7. The number of rotatable bonds is 8. The number of aliphatic hydroxyl groups is 1. The molecule has 1 aliphatic heterocycles. The number of hydrogen-bond acceptors (Lipinski definition) is 7. The maximum Gasteiger partial charge on any atom is 0.422 e. The number of carbonyl (C=O) groups excluding carboxylic acids is 1. The number of β-amino-alcohol motifs (C(OH)–C–C–N with tert-alkyl or cyclic N) is 1. The highest BCUT2D eigenvalue weighted by atomic mass is 19.4. The van der Waals surface area contributed by atoms with Crippen LogP contribution in [0.5, 0.6) is 0 Å². The van der Waals surface area contributed by atoms with Gasteiger partial charge in [0.05, 0.1) is 16.0 Å². The Kier molecular flexibility index (Phi) is 7.90. The summed E-state index contributed by atoms with van der Waals surface area (Å²) in [6.07, 6.45) is -2.86. The molecule has 0 aliphatic carbocycles. The van der Waals surface area contributed by atoms with Crippen LogP contribution in [0.2, 0.25) is 0 Å². The molecule has 2 aromatic heterocycles. The predicted molar refractivity (Wildman–Crippen MR) is 148 cm³/mol. The van der Waals surface area contributed by atoms with Crippen LogP contribution < -0.4 is 0 Å². The number of carbonyl (C=O) groups is 2. The molecule has 1 saturated heterocycles. The smallest absolute Gasteiger partial charge is 0.422 e. The number of nitrogens with zero attached hydrogens (tertiary/aromatic N) is 5. The quantitative estimate of drug-likeness (QED) is 0.230. The van der Waals surface area contributed by atoms with E-state index in [9.17, 15) is 38.0 Å². The van der Waals surface area contributed by atoms with Gasteiger partial charge in [-0.15, -0.1) is 0 Å². The third-order valence-electron chi connectivity index (χ3n) is 7.53. The monoisotopic (exact) mass is 597 g/mol. The third kappa shape index (κ3) is 5.92. The van der Waals surface area contributed by atoms with Gasteiger partial charge in [-0.1, -0.05) is 30.3 Å². The summed E-state index contributed by atoms with van der Waals surface area (Å²) in [5.74, 6) is -1.69. The number of pyridine rings is 1.